The van der Waals surface area contributed by atoms with Crippen molar-refractivity contribution >= 4 is 17.0 Å². The zero-order valence-corrected chi connectivity index (χ0v) is 18.1. The van der Waals surface area contributed by atoms with E-state index >= 15 is 0 Å². The molecule has 0 fully saturated rings. The Morgan fingerprint density at radius 2 is 2.09 bits per heavy atom. The van der Waals surface area contributed by atoms with Crippen LogP contribution in [0.5, 0.6) is 0 Å². The molecule has 1 aliphatic rings. The van der Waals surface area contributed by atoms with Crippen molar-refractivity contribution in [3.8, 4) is 11.6 Å². The highest BCUT2D eigenvalue weighted by Crippen LogP contribution is 2.37. The number of para-hydroxylation sites is 1. The van der Waals surface area contributed by atoms with Crippen LogP contribution in [0.25, 0.3) is 22.7 Å². The van der Waals surface area contributed by atoms with Gasteiger partial charge in [-0.1, -0.05) is 6.07 Å². The van der Waals surface area contributed by atoms with Crippen LogP contribution in [0.1, 0.15) is 46.0 Å². The summed E-state index contributed by atoms with van der Waals surface area (Å²) in [6.07, 6.45) is 1.74. The summed E-state index contributed by atoms with van der Waals surface area (Å²) in [6.45, 7) is 0.113. The van der Waals surface area contributed by atoms with E-state index in [0.717, 1.165) is 5.69 Å². The molecule has 0 saturated heterocycles. The molecule has 0 bridgehead atoms. The van der Waals surface area contributed by atoms with Gasteiger partial charge in [0.05, 0.1) is 18.3 Å². The number of rotatable bonds is 4. The largest absolute Gasteiger partial charge is 0.435 e. The SMILES string of the molecule is Cn1cnc(-c2nc(C(F)F)c(C(=O)N3CCc4[nH]cnc4[C@H]3c3nc4cccc(F)c4o3)o2)c1. The van der Waals surface area contributed by atoms with Crippen molar-refractivity contribution in [3.05, 3.63) is 71.6 Å². The van der Waals surface area contributed by atoms with Crippen molar-refractivity contribution in [1.82, 2.24) is 34.4 Å². The Bertz CT molecular complexity index is 1570. The Kier molecular flexibility index (Phi) is 4.72. The number of halogens is 3. The average Bonchev–Trinajstić information content (AvgIpc) is 3.62. The summed E-state index contributed by atoms with van der Waals surface area (Å²) in [6, 6.07) is 3.27. The lowest BCUT2D eigenvalue weighted by molar-refractivity contribution is 0.0621. The maximum Gasteiger partial charge on any atom is 0.292 e. The van der Waals surface area contributed by atoms with Crippen molar-refractivity contribution < 1.29 is 26.8 Å². The highest BCUT2D eigenvalue weighted by atomic mass is 19.3. The number of nitrogens with zero attached hydrogens (tertiary/aromatic N) is 6. The van der Waals surface area contributed by atoms with Gasteiger partial charge in [-0.2, -0.15) is 0 Å². The molecule has 1 aliphatic heterocycles. The molecular formula is C22H16F3N7O3. The van der Waals surface area contributed by atoms with Gasteiger partial charge in [0, 0.05) is 31.9 Å². The van der Waals surface area contributed by atoms with Gasteiger partial charge in [0.15, 0.2) is 23.1 Å². The minimum absolute atomic E-state index is 0.00504. The molecule has 0 aliphatic carbocycles. The standard InChI is InChI=1S/C22H16F3N7O3/c1-31-7-13(28-9-31)20-30-15(19(24)25)18(35-20)22(33)32-6-5-11-14(27-8-26-11)16(32)21-29-12-4-2-3-10(23)17(12)34-21/h2-4,7-9,16,19H,5-6H2,1H3,(H,26,27)/t16-/m0/s1. The molecule has 0 saturated carbocycles. The van der Waals surface area contributed by atoms with Gasteiger partial charge in [-0.05, 0) is 12.1 Å². The fourth-order valence-corrected chi connectivity index (χ4v) is 4.19. The van der Waals surface area contributed by atoms with E-state index in [0.29, 0.717) is 12.1 Å². The number of fused-ring (bicyclic) bond motifs is 2. The zero-order chi connectivity index (χ0) is 24.3. The van der Waals surface area contributed by atoms with E-state index in [1.165, 1.54) is 35.9 Å². The third-order valence-corrected chi connectivity index (χ3v) is 5.78. The summed E-state index contributed by atoms with van der Waals surface area (Å²) < 4.78 is 54.8. The lowest BCUT2D eigenvalue weighted by Crippen LogP contribution is -2.41. The van der Waals surface area contributed by atoms with Gasteiger partial charge >= 0.3 is 0 Å². The van der Waals surface area contributed by atoms with Crippen LogP contribution in [0.2, 0.25) is 0 Å². The number of amides is 1. The van der Waals surface area contributed by atoms with Crippen molar-refractivity contribution in [1.29, 1.82) is 0 Å². The van der Waals surface area contributed by atoms with Gasteiger partial charge in [0.25, 0.3) is 12.3 Å². The second kappa shape index (κ2) is 7.82. The van der Waals surface area contributed by atoms with Gasteiger partial charge in [-0.15, -0.1) is 0 Å². The van der Waals surface area contributed by atoms with Crippen LogP contribution < -0.4 is 0 Å². The fraction of sp³-hybridized carbons (Fsp3) is 0.227. The van der Waals surface area contributed by atoms with Crippen LogP contribution in [0.4, 0.5) is 13.2 Å². The number of carbonyl (C=O) groups excluding carboxylic acids is 1. The van der Waals surface area contributed by atoms with Crippen LogP contribution >= 0.6 is 0 Å². The Hall–Kier alpha value is -4.42. The molecule has 0 unspecified atom stereocenters. The van der Waals surface area contributed by atoms with Gasteiger partial charge in [0.2, 0.25) is 17.5 Å². The molecular weight excluding hydrogens is 467 g/mol. The highest BCUT2D eigenvalue weighted by Gasteiger charge is 2.41. The maximum absolute atomic E-state index is 14.3. The number of hydrogen-bond donors (Lipinski definition) is 1. The molecule has 5 aromatic rings. The monoisotopic (exact) mass is 483 g/mol. The zero-order valence-electron chi connectivity index (χ0n) is 18.1. The van der Waals surface area contributed by atoms with Crippen LogP contribution in [-0.4, -0.2) is 46.8 Å². The first-order valence-corrected chi connectivity index (χ1v) is 10.6. The van der Waals surface area contributed by atoms with Gasteiger partial charge in [-0.3, -0.25) is 4.79 Å². The summed E-state index contributed by atoms with van der Waals surface area (Å²) in [4.78, 5) is 34.4. The average molecular weight is 483 g/mol. The number of carbonyl (C=O) groups is 1. The summed E-state index contributed by atoms with van der Waals surface area (Å²) >= 11 is 0. The summed E-state index contributed by atoms with van der Waals surface area (Å²) in [5, 5.41) is 0. The number of imidazole rings is 2. The topological polar surface area (TPSA) is 119 Å². The lowest BCUT2D eigenvalue weighted by Gasteiger charge is -2.32. The molecule has 1 amide bonds. The molecule has 1 atom stereocenters. The Morgan fingerprint density at radius 1 is 1.23 bits per heavy atom. The number of nitrogens with one attached hydrogen (secondary N) is 1. The number of H-pyrrole nitrogens is 1. The molecule has 0 spiro atoms. The van der Waals surface area contributed by atoms with Crippen LogP contribution in [0, 0.1) is 5.82 Å². The molecule has 5 heterocycles. The molecule has 1 N–H and O–H groups in total. The molecule has 178 valence electrons. The Balaban J connectivity index is 1.46. The van der Waals surface area contributed by atoms with E-state index in [9.17, 15) is 18.0 Å². The van der Waals surface area contributed by atoms with E-state index < -0.39 is 35.6 Å². The van der Waals surface area contributed by atoms with Crippen molar-refractivity contribution in [3.63, 3.8) is 0 Å². The Labute approximate surface area is 194 Å². The second-order valence-electron chi connectivity index (χ2n) is 8.02. The number of aryl methyl sites for hydroxylation is 1. The fourth-order valence-electron chi connectivity index (χ4n) is 4.19. The highest BCUT2D eigenvalue weighted by molar-refractivity contribution is 5.93. The van der Waals surface area contributed by atoms with Crippen LogP contribution in [0.15, 0.2) is 45.9 Å². The molecule has 1 aromatic carbocycles. The summed E-state index contributed by atoms with van der Waals surface area (Å²) in [5.74, 6) is -2.30. The van der Waals surface area contributed by atoms with Gasteiger partial charge < -0.3 is 23.3 Å². The smallest absolute Gasteiger partial charge is 0.292 e. The van der Waals surface area contributed by atoms with E-state index in [4.69, 9.17) is 8.83 Å². The predicted molar refractivity (Wildman–Crippen MR) is 113 cm³/mol. The third kappa shape index (κ3) is 3.38. The second-order valence-corrected chi connectivity index (χ2v) is 8.02. The number of hydrogen-bond acceptors (Lipinski definition) is 7. The molecule has 0 radical (unpaired) electrons. The summed E-state index contributed by atoms with van der Waals surface area (Å²) in [5.41, 5.74) is 0.712. The normalized spacial score (nSPS) is 15.8. The first kappa shape index (κ1) is 21.1. The third-order valence-electron chi connectivity index (χ3n) is 5.78. The van der Waals surface area contributed by atoms with Gasteiger partial charge in [-0.25, -0.2) is 33.1 Å². The first-order valence-electron chi connectivity index (χ1n) is 10.6. The van der Waals surface area contributed by atoms with E-state index in [1.807, 2.05) is 0 Å². The van der Waals surface area contributed by atoms with Crippen molar-refractivity contribution in [2.24, 2.45) is 7.05 Å². The van der Waals surface area contributed by atoms with E-state index in [1.54, 1.807) is 17.7 Å². The van der Waals surface area contributed by atoms with Crippen LogP contribution in [0.3, 0.4) is 0 Å². The summed E-state index contributed by atoms with van der Waals surface area (Å²) in [7, 11) is 1.70. The first-order chi connectivity index (χ1) is 16.9. The molecule has 4 aromatic heterocycles. The number of aromatic nitrogens is 6. The van der Waals surface area contributed by atoms with Crippen molar-refractivity contribution in [2.75, 3.05) is 6.54 Å². The maximum atomic E-state index is 14.3. The number of benzene rings is 1. The van der Waals surface area contributed by atoms with E-state index in [2.05, 4.69) is 24.9 Å². The number of aromatic amines is 1. The minimum atomic E-state index is -3.07. The molecule has 6 rings (SSSR count). The molecule has 35 heavy (non-hydrogen) atoms. The van der Waals surface area contributed by atoms with Crippen LogP contribution in [-0.2, 0) is 13.5 Å². The van der Waals surface area contributed by atoms with Gasteiger partial charge in [0.1, 0.15) is 11.2 Å². The number of oxazole rings is 2. The number of alkyl halides is 2. The van der Waals surface area contributed by atoms with E-state index in [-0.39, 0.29) is 35.1 Å². The predicted octanol–water partition coefficient (Wildman–Crippen LogP) is 3.80. The van der Waals surface area contributed by atoms with Crippen molar-refractivity contribution in [2.45, 2.75) is 18.9 Å². The molecule has 13 heteroatoms. The quantitative estimate of drug-likeness (QED) is 0.413. The minimum Gasteiger partial charge on any atom is -0.435 e. The molecule has 10 nitrogen and oxygen atoms in total. The Morgan fingerprint density at radius 3 is 2.83 bits per heavy atom. The lowest BCUT2D eigenvalue weighted by atomic mass is 10.0.